The van der Waals surface area contributed by atoms with Gasteiger partial charge in [-0.05, 0) is 78.9 Å². The van der Waals surface area contributed by atoms with Gasteiger partial charge in [0.2, 0.25) is 5.91 Å². The van der Waals surface area contributed by atoms with E-state index in [1.807, 2.05) is 19.9 Å². The predicted molar refractivity (Wildman–Crippen MR) is 142 cm³/mol. The number of anilines is 1. The minimum atomic E-state index is -0.635. The van der Waals surface area contributed by atoms with Gasteiger partial charge in [0.1, 0.15) is 12.2 Å². The summed E-state index contributed by atoms with van der Waals surface area (Å²) in [4.78, 5) is 38.7. The van der Waals surface area contributed by atoms with Crippen molar-refractivity contribution < 1.29 is 14.4 Å². The van der Waals surface area contributed by atoms with Gasteiger partial charge in [-0.1, -0.05) is 44.5 Å². The molecule has 0 bridgehead atoms. The Balaban J connectivity index is 1.52. The summed E-state index contributed by atoms with van der Waals surface area (Å²) < 4.78 is 2.11. The monoisotopic (exact) mass is 504 g/mol. The van der Waals surface area contributed by atoms with E-state index in [0.717, 1.165) is 27.5 Å². The number of hydrogen-bond donors (Lipinski definition) is 2. The van der Waals surface area contributed by atoms with Crippen LogP contribution in [0.1, 0.15) is 43.3 Å². The molecule has 0 spiro atoms. The van der Waals surface area contributed by atoms with Gasteiger partial charge < -0.3 is 15.2 Å². The molecule has 4 rings (SSSR count). The van der Waals surface area contributed by atoms with Crippen LogP contribution < -0.4 is 10.6 Å². The number of amides is 4. The average Bonchev–Trinajstić information content (AvgIpc) is 3.24. The maximum Gasteiger partial charge on any atom is 0.329 e. The highest BCUT2D eigenvalue weighted by Gasteiger charge is 2.35. The van der Waals surface area contributed by atoms with Gasteiger partial charge in [0, 0.05) is 27.8 Å². The molecule has 0 radical (unpaired) electrons. The molecule has 0 aliphatic carbocycles. The maximum atomic E-state index is 12.9. The van der Waals surface area contributed by atoms with Gasteiger partial charge >= 0.3 is 6.03 Å². The zero-order chi connectivity index (χ0) is 26.2. The molecule has 1 aromatic heterocycles. The fourth-order valence-electron chi connectivity index (χ4n) is 4.19. The molecule has 1 fully saturated rings. The predicted octanol–water partition coefficient (Wildman–Crippen LogP) is 5.58. The highest BCUT2D eigenvalue weighted by molar-refractivity contribution is 6.30. The van der Waals surface area contributed by atoms with Crippen molar-refractivity contribution in [2.24, 2.45) is 0 Å². The number of imide groups is 1. The van der Waals surface area contributed by atoms with E-state index in [1.165, 1.54) is 5.56 Å². The first-order valence-corrected chi connectivity index (χ1v) is 12.0. The van der Waals surface area contributed by atoms with Crippen LogP contribution in [-0.4, -0.2) is 33.9 Å². The van der Waals surface area contributed by atoms with Gasteiger partial charge in [0.15, 0.2) is 0 Å². The van der Waals surface area contributed by atoms with Gasteiger partial charge in [-0.3, -0.25) is 9.59 Å². The van der Waals surface area contributed by atoms with E-state index < -0.39 is 24.4 Å². The van der Waals surface area contributed by atoms with Crippen LogP contribution in [0.5, 0.6) is 0 Å². The molecule has 2 heterocycles. The molecule has 0 atom stereocenters. The van der Waals surface area contributed by atoms with Crippen molar-refractivity contribution in [3.63, 3.8) is 0 Å². The normalized spacial score (nSPS) is 14.9. The van der Waals surface area contributed by atoms with E-state index in [-0.39, 0.29) is 11.1 Å². The van der Waals surface area contributed by atoms with Crippen LogP contribution in [0.15, 0.2) is 60.3 Å². The van der Waals surface area contributed by atoms with Gasteiger partial charge in [0.25, 0.3) is 5.91 Å². The molecule has 8 heteroatoms. The summed E-state index contributed by atoms with van der Waals surface area (Å²) in [5.74, 6) is -1.04. The summed E-state index contributed by atoms with van der Waals surface area (Å²) in [5, 5.41) is 5.79. The van der Waals surface area contributed by atoms with E-state index >= 15 is 0 Å². The van der Waals surface area contributed by atoms with Crippen molar-refractivity contribution in [3.8, 4) is 5.69 Å². The third-order valence-corrected chi connectivity index (χ3v) is 6.41. The Kier molecular flexibility index (Phi) is 6.78. The second-order valence-electron chi connectivity index (χ2n) is 9.89. The Hall–Kier alpha value is -3.84. The van der Waals surface area contributed by atoms with Crippen LogP contribution in [0, 0.1) is 13.8 Å². The third kappa shape index (κ3) is 5.21. The topological polar surface area (TPSA) is 83.4 Å². The molecule has 1 aliphatic heterocycles. The molecule has 0 saturated carbocycles. The number of rotatable bonds is 5. The lowest BCUT2D eigenvalue weighted by Gasteiger charge is -2.20. The lowest BCUT2D eigenvalue weighted by atomic mass is 9.87. The molecule has 1 saturated heterocycles. The fraction of sp³-hybridized carbons (Fsp3) is 0.250. The first-order valence-electron chi connectivity index (χ1n) is 11.6. The van der Waals surface area contributed by atoms with Gasteiger partial charge in [-0.15, -0.1) is 0 Å². The summed E-state index contributed by atoms with van der Waals surface area (Å²) in [6.07, 6.45) is 1.65. The largest absolute Gasteiger partial charge is 0.329 e. The van der Waals surface area contributed by atoms with Crippen molar-refractivity contribution in [2.75, 3.05) is 11.9 Å². The van der Waals surface area contributed by atoms with Crippen molar-refractivity contribution in [2.45, 2.75) is 40.0 Å². The van der Waals surface area contributed by atoms with E-state index in [9.17, 15) is 14.4 Å². The molecule has 2 aromatic carbocycles. The summed E-state index contributed by atoms with van der Waals surface area (Å²) in [6.45, 7) is 10.1. The molecule has 7 nitrogen and oxygen atoms in total. The Labute approximate surface area is 215 Å². The summed E-state index contributed by atoms with van der Waals surface area (Å²) in [7, 11) is 0. The first kappa shape index (κ1) is 25.3. The van der Waals surface area contributed by atoms with Crippen molar-refractivity contribution in [1.82, 2.24) is 14.8 Å². The van der Waals surface area contributed by atoms with Gasteiger partial charge in [0.05, 0.1) is 0 Å². The number of nitrogens with one attached hydrogen (secondary N) is 2. The summed E-state index contributed by atoms with van der Waals surface area (Å²) in [6, 6.07) is 16.3. The standard InChI is InChI=1S/C28H29ClN4O3/c1-17-14-19(18(2)33(17)23-12-6-20(7-13-23)28(3,4)5)15-24-26(35)32(27(36)31-24)16-25(34)30-22-10-8-21(29)9-11-22/h6-15H,16H2,1-5H3,(H,30,34)(H,31,36)/b24-15-. The van der Waals surface area contributed by atoms with Crippen LogP contribution in [0.4, 0.5) is 10.5 Å². The summed E-state index contributed by atoms with van der Waals surface area (Å²) in [5.41, 5.74) is 5.72. The molecule has 2 N–H and O–H groups in total. The zero-order valence-electron chi connectivity index (χ0n) is 21.0. The van der Waals surface area contributed by atoms with Crippen molar-refractivity contribution in [3.05, 3.63) is 87.8 Å². The Morgan fingerprint density at radius 3 is 2.28 bits per heavy atom. The Morgan fingerprint density at radius 2 is 1.67 bits per heavy atom. The molecule has 1 aliphatic rings. The average molecular weight is 505 g/mol. The second-order valence-corrected chi connectivity index (χ2v) is 10.3. The van der Waals surface area contributed by atoms with Crippen LogP contribution in [0.3, 0.4) is 0 Å². The number of carbonyl (C=O) groups is 3. The molecule has 186 valence electrons. The lowest BCUT2D eigenvalue weighted by Crippen LogP contribution is -2.38. The Bertz CT molecular complexity index is 1360. The van der Waals surface area contributed by atoms with Crippen LogP contribution in [-0.2, 0) is 15.0 Å². The van der Waals surface area contributed by atoms with E-state index in [1.54, 1.807) is 30.3 Å². The number of aromatic nitrogens is 1. The maximum absolute atomic E-state index is 12.9. The number of aryl methyl sites for hydroxylation is 1. The molecular weight excluding hydrogens is 476 g/mol. The zero-order valence-corrected chi connectivity index (χ0v) is 21.7. The number of urea groups is 1. The highest BCUT2D eigenvalue weighted by atomic mass is 35.5. The summed E-state index contributed by atoms with van der Waals surface area (Å²) >= 11 is 5.86. The number of carbonyl (C=O) groups excluding carboxylic acids is 3. The smallest absolute Gasteiger partial charge is 0.325 e. The third-order valence-electron chi connectivity index (χ3n) is 6.15. The number of nitrogens with zero attached hydrogens (tertiary/aromatic N) is 2. The fourth-order valence-corrected chi connectivity index (χ4v) is 4.32. The number of hydrogen-bond acceptors (Lipinski definition) is 3. The molecule has 0 unspecified atom stereocenters. The van der Waals surface area contributed by atoms with Crippen molar-refractivity contribution >= 4 is 41.2 Å². The number of benzene rings is 2. The van der Waals surface area contributed by atoms with E-state index in [2.05, 4.69) is 60.2 Å². The van der Waals surface area contributed by atoms with Gasteiger partial charge in [-0.25, -0.2) is 9.69 Å². The SMILES string of the molecule is Cc1cc(/C=C2\NC(=O)N(CC(=O)Nc3ccc(Cl)cc3)C2=O)c(C)n1-c1ccc(C(C)(C)C)cc1. The lowest BCUT2D eigenvalue weighted by molar-refractivity contribution is -0.127. The highest BCUT2D eigenvalue weighted by Crippen LogP contribution is 2.27. The van der Waals surface area contributed by atoms with Crippen LogP contribution in [0.2, 0.25) is 5.02 Å². The van der Waals surface area contributed by atoms with E-state index in [4.69, 9.17) is 11.6 Å². The van der Waals surface area contributed by atoms with Crippen LogP contribution in [0.25, 0.3) is 11.8 Å². The number of halogens is 1. The second kappa shape index (κ2) is 9.66. The molecule has 3 aromatic rings. The molecule has 36 heavy (non-hydrogen) atoms. The van der Waals surface area contributed by atoms with Crippen LogP contribution >= 0.6 is 11.6 Å². The molecular formula is C28H29ClN4O3. The minimum Gasteiger partial charge on any atom is -0.325 e. The van der Waals surface area contributed by atoms with Gasteiger partial charge in [-0.2, -0.15) is 0 Å². The van der Waals surface area contributed by atoms with E-state index in [0.29, 0.717) is 10.7 Å². The van der Waals surface area contributed by atoms with Crippen molar-refractivity contribution in [1.29, 1.82) is 0 Å². The minimum absolute atomic E-state index is 0.0630. The quantitative estimate of drug-likeness (QED) is 0.351. The first-order chi connectivity index (χ1) is 16.9. The Morgan fingerprint density at radius 1 is 1.03 bits per heavy atom. The molecule has 4 amide bonds.